The molecule has 0 aliphatic heterocycles. The van der Waals surface area contributed by atoms with Crippen LogP contribution in [0.1, 0.15) is 50.5 Å². The minimum atomic E-state index is -0.274. The fourth-order valence-electron chi connectivity index (χ4n) is 3.74. The molecular formula is C18H26N2O. The molecule has 0 saturated heterocycles. The van der Waals surface area contributed by atoms with Crippen LogP contribution in [0.4, 0.5) is 0 Å². The molecule has 3 rings (SSSR count). The van der Waals surface area contributed by atoms with Gasteiger partial charge >= 0.3 is 0 Å². The van der Waals surface area contributed by atoms with Crippen molar-refractivity contribution in [2.45, 2.75) is 56.4 Å². The highest BCUT2D eigenvalue weighted by atomic mass is 16.2. The van der Waals surface area contributed by atoms with Gasteiger partial charge in [-0.2, -0.15) is 0 Å². The monoisotopic (exact) mass is 286 g/mol. The van der Waals surface area contributed by atoms with Crippen molar-refractivity contribution < 1.29 is 4.79 Å². The Bertz CT molecular complexity index is 475. The minimum Gasteiger partial charge on any atom is -0.351 e. The number of rotatable bonds is 5. The molecule has 2 aliphatic carbocycles. The number of benzene rings is 1. The van der Waals surface area contributed by atoms with E-state index in [2.05, 4.69) is 17.4 Å². The van der Waals surface area contributed by atoms with Crippen molar-refractivity contribution in [2.24, 2.45) is 11.7 Å². The summed E-state index contributed by atoms with van der Waals surface area (Å²) in [7, 11) is 0. The van der Waals surface area contributed by atoms with Gasteiger partial charge < -0.3 is 11.1 Å². The summed E-state index contributed by atoms with van der Waals surface area (Å²) >= 11 is 0. The number of nitrogens with two attached hydrogens (primary N) is 1. The van der Waals surface area contributed by atoms with E-state index in [1.165, 1.54) is 32.1 Å². The average Bonchev–Trinajstić information content (AvgIpc) is 3.36. The van der Waals surface area contributed by atoms with E-state index in [1.807, 2.05) is 18.2 Å². The standard InChI is InChI=1S/C18H26N2O/c19-13-16(14-7-3-1-4-8-14)20-17(21)18(11-12-18)15-9-5-2-6-10-15/h2,5-6,9-10,14,16H,1,3-4,7-8,11-13,19H2,(H,20,21). The summed E-state index contributed by atoms with van der Waals surface area (Å²) in [5.74, 6) is 0.758. The van der Waals surface area contributed by atoms with E-state index < -0.39 is 0 Å². The number of hydrogen-bond acceptors (Lipinski definition) is 2. The minimum absolute atomic E-state index is 0.152. The van der Waals surface area contributed by atoms with Gasteiger partial charge in [0.15, 0.2) is 0 Å². The summed E-state index contributed by atoms with van der Waals surface area (Å²) in [5, 5.41) is 3.27. The third kappa shape index (κ3) is 2.98. The van der Waals surface area contributed by atoms with Crippen LogP contribution in [0.2, 0.25) is 0 Å². The zero-order valence-electron chi connectivity index (χ0n) is 12.7. The van der Waals surface area contributed by atoms with Gasteiger partial charge in [-0.15, -0.1) is 0 Å². The van der Waals surface area contributed by atoms with Gasteiger partial charge in [0.2, 0.25) is 5.91 Å². The lowest BCUT2D eigenvalue weighted by Gasteiger charge is -2.31. The first-order chi connectivity index (χ1) is 10.3. The largest absolute Gasteiger partial charge is 0.351 e. The number of carbonyl (C=O) groups is 1. The Balaban J connectivity index is 1.67. The summed E-state index contributed by atoms with van der Waals surface area (Å²) < 4.78 is 0. The fourth-order valence-corrected chi connectivity index (χ4v) is 3.74. The molecule has 1 amide bonds. The average molecular weight is 286 g/mol. The van der Waals surface area contributed by atoms with Crippen LogP contribution in [0.5, 0.6) is 0 Å². The van der Waals surface area contributed by atoms with Crippen LogP contribution < -0.4 is 11.1 Å². The highest BCUT2D eigenvalue weighted by Gasteiger charge is 2.51. The summed E-state index contributed by atoms with van der Waals surface area (Å²) in [5.41, 5.74) is 6.82. The molecule has 1 aromatic carbocycles. The zero-order chi connectivity index (χ0) is 14.7. The third-order valence-corrected chi connectivity index (χ3v) is 5.30. The molecule has 21 heavy (non-hydrogen) atoms. The van der Waals surface area contributed by atoms with E-state index in [1.54, 1.807) is 0 Å². The molecule has 3 N–H and O–H groups in total. The Labute approximate surface area is 127 Å². The summed E-state index contributed by atoms with van der Waals surface area (Å²) in [4.78, 5) is 12.8. The van der Waals surface area contributed by atoms with Crippen LogP contribution in [0.25, 0.3) is 0 Å². The Hall–Kier alpha value is -1.35. The maximum Gasteiger partial charge on any atom is 0.230 e. The molecule has 2 aliphatic rings. The first-order valence-corrected chi connectivity index (χ1v) is 8.33. The van der Waals surface area contributed by atoms with Crippen molar-refractivity contribution >= 4 is 5.91 Å². The molecule has 1 atom stereocenters. The van der Waals surface area contributed by atoms with Gasteiger partial charge in [-0.1, -0.05) is 49.6 Å². The molecule has 0 heterocycles. The number of amides is 1. The lowest BCUT2D eigenvalue weighted by Crippen LogP contribution is -2.49. The van der Waals surface area contributed by atoms with Gasteiger partial charge in [0.05, 0.1) is 5.41 Å². The fraction of sp³-hybridized carbons (Fsp3) is 0.611. The smallest absolute Gasteiger partial charge is 0.230 e. The van der Waals surface area contributed by atoms with Crippen molar-refractivity contribution in [1.82, 2.24) is 5.32 Å². The molecule has 1 aromatic rings. The number of nitrogens with one attached hydrogen (secondary N) is 1. The molecule has 2 fully saturated rings. The second-order valence-corrected chi connectivity index (χ2v) is 6.66. The topological polar surface area (TPSA) is 55.1 Å². The maximum atomic E-state index is 12.8. The first-order valence-electron chi connectivity index (χ1n) is 8.33. The van der Waals surface area contributed by atoms with Crippen LogP contribution in [-0.2, 0) is 10.2 Å². The van der Waals surface area contributed by atoms with E-state index >= 15 is 0 Å². The third-order valence-electron chi connectivity index (χ3n) is 5.30. The summed E-state index contributed by atoms with van der Waals surface area (Å²) in [6, 6.07) is 10.3. The van der Waals surface area contributed by atoms with E-state index in [0.717, 1.165) is 18.4 Å². The molecule has 0 aromatic heterocycles. The lowest BCUT2D eigenvalue weighted by atomic mass is 9.83. The van der Waals surface area contributed by atoms with E-state index in [0.29, 0.717) is 12.5 Å². The lowest BCUT2D eigenvalue weighted by molar-refractivity contribution is -0.124. The molecule has 0 bridgehead atoms. The van der Waals surface area contributed by atoms with Crippen molar-refractivity contribution in [3.8, 4) is 0 Å². The van der Waals surface area contributed by atoms with Crippen LogP contribution in [-0.4, -0.2) is 18.5 Å². The van der Waals surface area contributed by atoms with Crippen LogP contribution in [0.3, 0.4) is 0 Å². The van der Waals surface area contributed by atoms with Gasteiger partial charge in [-0.05, 0) is 37.2 Å². The van der Waals surface area contributed by atoms with E-state index in [4.69, 9.17) is 5.73 Å². The summed E-state index contributed by atoms with van der Waals surface area (Å²) in [6.45, 7) is 0.557. The first kappa shape index (κ1) is 14.6. The van der Waals surface area contributed by atoms with Crippen LogP contribution in [0.15, 0.2) is 30.3 Å². The highest BCUT2D eigenvalue weighted by Crippen LogP contribution is 2.48. The van der Waals surface area contributed by atoms with Crippen LogP contribution >= 0.6 is 0 Å². The Morgan fingerprint density at radius 3 is 2.43 bits per heavy atom. The molecule has 1 unspecified atom stereocenters. The second-order valence-electron chi connectivity index (χ2n) is 6.66. The Kier molecular flexibility index (Phi) is 4.29. The normalized spacial score (nSPS) is 22.5. The highest BCUT2D eigenvalue weighted by molar-refractivity contribution is 5.91. The van der Waals surface area contributed by atoms with Crippen molar-refractivity contribution in [1.29, 1.82) is 0 Å². The Morgan fingerprint density at radius 2 is 1.86 bits per heavy atom. The van der Waals surface area contributed by atoms with Gasteiger partial charge in [-0.25, -0.2) is 0 Å². The molecule has 0 radical (unpaired) electrons. The molecule has 0 spiro atoms. The predicted molar refractivity (Wildman–Crippen MR) is 84.9 cm³/mol. The quantitative estimate of drug-likeness (QED) is 0.874. The van der Waals surface area contributed by atoms with Gasteiger partial charge in [0.1, 0.15) is 0 Å². The number of carbonyl (C=O) groups excluding carboxylic acids is 1. The molecule has 114 valence electrons. The van der Waals surface area contributed by atoms with E-state index in [-0.39, 0.29) is 17.4 Å². The second kappa shape index (κ2) is 6.18. The maximum absolute atomic E-state index is 12.8. The predicted octanol–water partition coefficient (Wildman–Crippen LogP) is 2.74. The van der Waals surface area contributed by atoms with Gasteiger partial charge in [-0.3, -0.25) is 4.79 Å². The molecule has 2 saturated carbocycles. The number of hydrogen-bond donors (Lipinski definition) is 2. The molecule has 3 heteroatoms. The van der Waals surface area contributed by atoms with E-state index in [9.17, 15) is 4.79 Å². The van der Waals surface area contributed by atoms with Gasteiger partial charge in [0, 0.05) is 12.6 Å². The SMILES string of the molecule is NCC(NC(=O)C1(c2ccccc2)CC1)C1CCCCC1. The molecule has 3 nitrogen and oxygen atoms in total. The Morgan fingerprint density at radius 1 is 1.19 bits per heavy atom. The zero-order valence-corrected chi connectivity index (χ0v) is 12.7. The van der Waals surface area contributed by atoms with Crippen LogP contribution in [0, 0.1) is 5.92 Å². The van der Waals surface area contributed by atoms with Crippen molar-refractivity contribution in [2.75, 3.05) is 6.54 Å². The van der Waals surface area contributed by atoms with Gasteiger partial charge in [0.25, 0.3) is 0 Å². The molecular weight excluding hydrogens is 260 g/mol. The van der Waals surface area contributed by atoms with Crippen molar-refractivity contribution in [3.63, 3.8) is 0 Å². The van der Waals surface area contributed by atoms with Crippen molar-refractivity contribution in [3.05, 3.63) is 35.9 Å². The summed E-state index contributed by atoms with van der Waals surface area (Å²) in [6.07, 6.45) is 8.23.